The molecule has 0 aliphatic carbocycles. The number of carboxylic acid groups (broad SMARTS) is 1. The van der Waals surface area contributed by atoms with Gasteiger partial charge in [0, 0.05) is 41.4 Å². The lowest BCUT2D eigenvalue weighted by Crippen LogP contribution is -2.11. The van der Waals surface area contributed by atoms with Crippen molar-refractivity contribution in [2.45, 2.75) is 26.4 Å². The Balaban J connectivity index is 2.04. The highest BCUT2D eigenvalue weighted by atomic mass is 19.4. The van der Waals surface area contributed by atoms with Gasteiger partial charge in [-0.25, -0.2) is 14.8 Å². The van der Waals surface area contributed by atoms with Gasteiger partial charge in [-0.3, -0.25) is 19.5 Å². The van der Waals surface area contributed by atoms with Crippen LogP contribution in [0.3, 0.4) is 0 Å². The van der Waals surface area contributed by atoms with Crippen LogP contribution < -0.4 is 5.32 Å². The van der Waals surface area contributed by atoms with Gasteiger partial charge < -0.3 is 5.11 Å². The summed E-state index contributed by atoms with van der Waals surface area (Å²) in [5.41, 5.74) is 0.872. The number of hydrogen-bond donors (Lipinski definition) is 2. The number of Topliss-reactive ketones (excluding diaryl/α,β-unsaturated/α-hetero) is 1. The molecule has 0 radical (unpaired) electrons. The topological polar surface area (TPSA) is 109 Å². The summed E-state index contributed by atoms with van der Waals surface area (Å²) in [6.07, 6.45) is -2.38. The predicted octanol–water partition coefficient (Wildman–Crippen LogP) is 4.95. The molecule has 0 spiro atoms. The number of hydrogen-bond acceptors (Lipinski definition) is 5. The van der Waals surface area contributed by atoms with Gasteiger partial charge in [-0.1, -0.05) is 6.92 Å². The number of nitrogens with one attached hydrogen (secondary N) is 1. The number of ketones is 1. The molecule has 0 aliphatic heterocycles. The normalized spacial score (nSPS) is 11.8. The van der Waals surface area contributed by atoms with Gasteiger partial charge in [-0.15, -0.1) is 0 Å². The van der Waals surface area contributed by atoms with E-state index in [0.29, 0.717) is 22.1 Å². The van der Waals surface area contributed by atoms with E-state index in [0.717, 1.165) is 10.6 Å². The standard InChI is InChI=1S/C21H16F3N5O3/c1-3-16(30)14-4-10(2)13(8-25-14)12-5-11-7-26-18(28-20(31)32)6-15(11)29-17(21(22,23)24)9-27-19(12)29/h4-9H,3H2,1-2H3,(H,26,28)(H,31,32). The number of fused-ring (bicyclic) bond motifs is 3. The van der Waals surface area contributed by atoms with E-state index in [-0.39, 0.29) is 34.9 Å². The lowest BCUT2D eigenvalue weighted by Gasteiger charge is -2.14. The average Bonchev–Trinajstić information content (AvgIpc) is 3.18. The third kappa shape index (κ3) is 3.61. The van der Waals surface area contributed by atoms with Crippen molar-refractivity contribution >= 4 is 34.2 Å². The molecule has 0 aliphatic rings. The van der Waals surface area contributed by atoms with Crippen LogP contribution in [-0.2, 0) is 6.18 Å². The minimum absolute atomic E-state index is 0.0109. The summed E-state index contributed by atoms with van der Waals surface area (Å²) in [7, 11) is 0. The van der Waals surface area contributed by atoms with E-state index < -0.39 is 18.0 Å². The van der Waals surface area contributed by atoms with Crippen LogP contribution in [0, 0.1) is 6.92 Å². The van der Waals surface area contributed by atoms with Crippen LogP contribution >= 0.6 is 0 Å². The first-order chi connectivity index (χ1) is 15.1. The van der Waals surface area contributed by atoms with E-state index in [4.69, 9.17) is 5.11 Å². The monoisotopic (exact) mass is 443 g/mol. The second-order valence-corrected chi connectivity index (χ2v) is 7.08. The molecule has 4 aromatic rings. The van der Waals surface area contributed by atoms with Gasteiger partial charge in [0.2, 0.25) is 0 Å². The summed E-state index contributed by atoms with van der Waals surface area (Å²) in [5.74, 6) is -0.271. The molecule has 32 heavy (non-hydrogen) atoms. The minimum atomic E-state index is -4.71. The molecule has 4 aromatic heterocycles. The third-order valence-corrected chi connectivity index (χ3v) is 4.99. The molecule has 8 nitrogen and oxygen atoms in total. The smallest absolute Gasteiger partial charge is 0.433 e. The SMILES string of the molecule is CCC(=O)c1cc(C)c(-c2cc3cnc(NC(=O)O)cc3n3c(C(F)(F)F)cnc23)cn1. The first-order valence-electron chi connectivity index (χ1n) is 9.47. The number of alkyl halides is 3. The largest absolute Gasteiger partial charge is 0.465 e. The van der Waals surface area contributed by atoms with Crippen molar-refractivity contribution in [3.63, 3.8) is 0 Å². The number of pyridine rings is 3. The highest BCUT2D eigenvalue weighted by molar-refractivity contribution is 5.97. The van der Waals surface area contributed by atoms with Crippen LogP contribution in [0.15, 0.2) is 36.8 Å². The van der Waals surface area contributed by atoms with Gasteiger partial charge in [0.05, 0.1) is 11.7 Å². The zero-order chi connectivity index (χ0) is 23.2. The first kappa shape index (κ1) is 21.2. The van der Waals surface area contributed by atoms with Crippen LogP contribution in [0.1, 0.15) is 35.1 Å². The highest BCUT2D eigenvalue weighted by Gasteiger charge is 2.35. The van der Waals surface area contributed by atoms with Crippen LogP contribution in [-0.4, -0.2) is 36.3 Å². The number of nitrogens with zero attached hydrogens (tertiary/aromatic N) is 4. The molecule has 1 amide bonds. The molecule has 0 aromatic carbocycles. The van der Waals surface area contributed by atoms with Crippen molar-refractivity contribution < 1.29 is 27.9 Å². The molecule has 164 valence electrons. The molecule has 0 bridgehead atoms. The van der Waals surface area contributed by atoms with Crippen molar-refractivity contribution in [2.75, 3.05) is 5.32 Å². The second kappa shape index (κ2) is 7.59. The Morgan fingerprint density at radius 3 is 2.44 bits per heavy atom. The summed E-state index contributed by atoms with van der Waals surface area (Å²) < 4.78 is 42.2. The van der Waals surface area contributed by atoms with Crippen LogP contribution in [0.2, 0.25) is 0 Å². The Morgan fingerprint density at radius 2 is 1.81 bits per heavy atom. The Labute approximate surface area is 178 Å². The average molecular weight is 443 g/mol. The predicted molar refractivity (Wildman–Crippen MR) is 110 cm³/mol. The maximum absolute atomic E-state index is 13.7. The molecule has 11 heteroatoms. The molecule has 0 fully saturated rings. The van der Waals surface area contributed by atoms with Crippen LogP contribution in [0.4, 0.5) is 23.8 Å². The zero-order valence-electron chi connectivity index (χ0n) is 16.9. The Morgan fingerprint density at radius 1 is 1.06 bits per heavy atom. The zero-order valence-corrected chi connectivity index (χ0v) is 16.9. The van der Waals surface area contributed by atoms with Crippen molar-refractivity contribution in [2.24, 2.45) is 0 Å². The number of imidazole rings is 1. The number of halogens is 3. The molecular weight excluding hydrogens is 427 g/mol. The third-order valence-electron chi connectivity index (χ3n) is 4.99. The number of anilines is 1. The first-order valence-corrected chi connectivity index (χ1v) is 9.47. The maximum atomic E-state index is 13.7. The molecular formula is C21H16F3N5O3. The number of aryl methyl sites for hydroxylation is 1. The van der Waals surface area contributed by atoms with E-state index in [2.05, 4.69) is 15.0 Å². The fourth-order valence-corrected chi connectivity index (χ4v) is 3.51. The lowest BCUT2D eigenvalue weighted by atomic mass is 10.0. The summed E-state index contributed by atoms with van der Waals surface area (Å²) in [6.45, 7) is 3.44. The van der Waals surface area contributed by atoms with Crippen LogP contribution in [0.5, 0.6) is 0 Å². The summed E-state index contributed by atoms with van der Waals surface area (Å²) in [4.78, 5) is 35.1. The fourth-order valence-electron chi connectivity index (χ4n) is 3.51. The summed E-state index contributed by atoms with van der Waals surface area (Å²) in [6, 6.07) is 4.42. The van der Waals surface area contributed by atoms with Crippen molar-refractivity contribution in [3.8, 4) is 11.1 Å². The quantitative estimate of drug-likeness (QED) is 0.432. The molecule has 4 heterocycles. The number of rotatable bonds is 4. The van der Waals surface area contributed by atoms with E-state index in [1.165, 1.54) is 18.5 Å². The van der Waals surface area contributed by atoms with Gasteiger partial charge in [-0.2, -0.15) is 13.2 Å². The van der Waals surface area contributed by atoms with Gasteiger partial charge in [0.25, 0.3) is 0 Å². The van der Waals surface area contributed by atoms with Gasteiger partial charge in [0.1, 0.15) is 22.9 Å². The van der Waals surface area contributed by atoms with E-state index >= 15 is 0 Å². The Hall–Kier alpha value is -4.02. The lowest BCUT2D eigenvalue weighted by molar-refractivity contribution is -0.141. The van der Waals surface area contributed by atoms with Crippen molar-refractivity contribution in [1.82, 2.24) is 19.4 Å². The maximum Gasteiger partial charge on any atom is 0.433 e. The van der Waals surface area contributed by atoms with Crippen molar-refractivity contribution in [3.05, 3.63) is 53.7 Å². The van der Waals surface area contributed by atoms with Crippen LogP contribution in [0.25, 0.3) is 27.7 Å². The fraction of sp³-hybridized carbons (Fsp3) is 0.190. The Bertz CT molecular complexity index is 1400. The van der Waals surface area contributed by atoms with E-state index in [9.17, 15) is 22.8 Å². The summed E-state index contributed by atoms with van der Waals surface area (Å²) in [5, 5.41) is 11.3. The second-order valence-electron chi connectivity index (χ2n) is 7.08. The molecule has 0 saturated carbocycles. The van der Waals surface area contributed by atoms with Gasteiger partial charge >= 0.3 is 12.3 Å². The van der Waals surface area contributed by atoms with Gasteiger partial charge in [-0.05, 0) is 24.6 Å². The van der Waals surface area contributed by atoms with E-state index in [1.807, 2.05) is 5.32 Å². The number of carbonyl (C=O) groups excluding carboxylic acids is 1. The van der Waals surface area contributed by atoms with Gasteiger partial charge in [0.15, 0.2) is 5.78 Å². The number of aromatic nitrogens is 4. The minimum Gasteiger partial charge on any atom is -0.465 e. The molecule has 4 rings (SSSR count). The molecule has 0 atom stereocenters. The van der Waals surface area contributed by atoms with E-state index in [1.54, 1.807) is 26.0 Å². The van der Waals surface area contributed by atoms with Crippen molar-refractivity contribution in [1.29, 1.82) is 0 Å². The highest BCUT2D eigenvalue weighted by Crippen LogP contribution is 2.37. The Kier molecular flexibility index (Phi) is 5.03. The number of carbonyl (C=O) groups is 2. The molecule has 2 N–H and O–H groups in total. The molecule has 0 unspecified atom stereocenters. The molecule has 0 saturated heterocycles. The number of amides is 1. The summed E-state index contributed by atoms with van der Waals surface area (Å²) >= 11 is 0.